The van der Waals surface area contributed by atoms with Gasteiger partial charge in [0.1, 0.15) is 0 Å². The summed E-state index contributed by atoms with van der Waals surface area (Å²) in [5.74, 6) is 7.28. The number of thioether (sulfide) groups is 1. The Labute approximate surface area is 170 Å². The quantitative estimate of drug-likeness (QED) is 0.282. The van der Waals surface area contributed by atoms with Gasteiger partial charge in [-0.25, -0.2) is 4.68 Å². The molecule has 0 atom stereocenters. The lowest BCUT2D eigenvalue weighted by Gasteiger charge is -2.08. The Kier molecular flexibility index (Phi) is 5.10. The first-order valence-corrected chi connectivity index (χ1v) is 10.5. The maximum atomic E-state index is 12.8. The van der Waals surface area contributed by atoms with Crippen LogP contribution in [0.3, 0.4) is 0 Å². The number of ketones is 1. The van der Waals surface area contributed by atoms with Crippen molar-refractivity contribution in [3.63, 3.8) is 0 Å². The second kappa shape index (κ2) is 7.69. The molecule has 0 unspecified atom stereocenters. The third-order valence-corrected chi connectivity index (χ3v) is 6.31. The standard InChI is InChI=1S/C19H19N5O2S2/c1-12-9-15(13(2)23(12)10-14-5-4-8-27-14)16(25)11-28-19-22-21-18(24(19)20)17-6-3-7-26-17/h3-9H,10-11,20H2,1-2H3. The van der Waals surface area contributed by atoms with Crippen LogP contribution in [-0.2, 0) is 6.54 Å². The molecule has 0 aromatic carbocycles. The zero-order valence-electron chi connectivity index (χ0n) is 15.5. The Morgan fingerprint density at radius 1 is 1.29 bits per heavy atom. The molecular weight excluding hydrogens is 394 g/mol. The summed E-state index contributed by atoms with van der Waals surface area (Å²) >= 11 is 2.98. The molecule has 28 heavy (non-hydrogen) atoms. The number of carbonyl (C=O) groups is 1. The Morgan fingerprint density at radius 3 is 2.86 bits per heavy atom. The van der Waals surface area contributed by atoms with Crippen LogP contribution in [0.25, 0.3) is 11.6 Å². The highest BCUT2D eigenvalue weighted by molar-refractivity contribution is 7.99. The van der Waals surface area contributed by atoms with E-state index in [-0.39, 0.29) is 11.5 Å². The molecule has 0 saturated heterocycles. The van der Waals surface area contributed by atoms with E-state index in [1.54, 1.807) is 29.7 Å². The van der Waals surface area contributed by atoms with Crippen molar-refractivity contribution in [2.75, 3.05) is 11.6 Å². The van der Waals surface area contributed by atoms with E-state index >= 15 is 0 Å². The van der Waals surface area contributed by atoms with Gasteiger partial charge in [0.2, 0.25) is 11.0 Å². The molecule has 4 heterocycles. The minimum absolute atomic E-state index is 0.0399. The highest BCUT2D eigenvalue weighted by Crippen LogP contribution is 2.24. The number of aromatic nitrogens is 4. The molecule has 7 nitrogen and oxygen atoms in total. The molecule has 0 spiro atoms. The van der Waals surface area contributed by atoms with Gasteiger partial charge in [-0.15, -0.1) is 21.5 Å². The van der Waals surface area contributed by atoms with Crippen LogP contribution >= 0.6 is 23.1 Å². The van der Waals surface area contributed by atoms with Gasteiger partial charge < -0.3 is 14.8 Å². The molecule has 2 N–H and O–H groups in total. The summed E-state index contributed by atoms with van der Waals surface area (Å²) in [7, 11) is 0. The number of hydrogen-bond donors (Lipinski definition) is 1. The fraction of sp³-hybridized carbons (Fsp3) is 0.211. The molecular formula is C19H19N5O2S2. The van der Waals surface area contributed by atoms with Gasteiger partial charge in [0.05, 0.1) is 18.6 Å². The lowest BCUT2D eigenvalue weighted by atomic mass is 10.2. The fourth-order valence-electron chi connectivity index (χ4n) is 3.04. The van der Waals surface area contributed by atoms with Gasteiger partial charge in [-0.05, 0) is 43.5 Å². The Balaban J connectivity index is 1.48. The smallest absolute Gasteiger partial charge is 0.218 e. The number of carbonyl (C=O) groups excluding carboxylic acids is 1. The zero-order valence-corrected chi connectivity index (χ0v) is 17.1. The van der Waals surface area contributed by atoms with E-state index < -0.39 is 0 Å². The third kappa shape index (κ3) is 3.50. The van der Waals surface area contributed by atoms with Gasteiger partial charge >= 0.3 is 0 Å². The lowest BCUT2D eigenvalue weighted by Crippen LogP contribution is -2.13. The van der Waals surface area contributed by atoms with Crippen LogP contribution < -0.4 is 5.84 Å². The number of nitrogen functional groups attached to an aromatic ring is 1. The SMILES string of the molecule is Cc1cc(C(=O)CSc2nnc(-c3ccco3)n2N)c(C)n1Cc1cccs1. The molecule has 4 aromatic heterocycles. The van der Waals surface area contributed by atoms with Crippen molar-refractivity contribution in [1.82, 2.24) is 19.4 Å². The molecule has 0 fully saturated rings. The van der Waals surface area contributed by atoms with E-state index in [0.717, 1.165) is 23.5 Å². The van der Waals surface area contributed by atoms with Crippen molar-refractivity contribution in [3.05, 3.63) is 63.8 Å². The third-order valence-electron chi connectivity index (χ3n) is 4.51. The summed E-state index contributed by atoms with van der Waals surface area (Å²) in [6.07, 6.45) is 1.55. The van der Waals surface area contributed by atoms with Crippen molar-refractivity contribution in [2.24, 2.45) is 0 Å². The molecule has 4 rings (SSSR count). The topological polar surface area (TPSA) is 91.9 Å². The van der Waals surface area contributed by atoms with Crippen LogP contribution in [0, 0.1) is 13.8 Å². The summed E-state index contributed by atoms with van der Waals surface area (Å²) in [4.78, 5) is 14.1. The molecule has 9 heteroatoms. The predicted octanol–water partition coefficient (Wildman–Crippen LogP) is 3.76. The van der Waals surface area contributed by atoms with Crippen molar-refractivity contribution in [2.45, 2.75) is 25.5 Å². The molecule has 0 aliphatic carbocycles. The highest BCUT2D eigenvalue weighted by atomic mass is 32.2. The normalized spacial score (nSPS) is 11.2. The van der Waals surface area contributed by atoms with Gasteiger partial charge in [-0.2, -0.15) is 0 Å². The summed E-state index contributed by atoms with van der Waals surface area (Å²) in [5.41, 5.74) is 2.78. The first-order valence-electron chi connectivity index (χ1n) is 8.64. The maximum Gasteiger partial charge on any atom is 0.218 e. The van der Waals surface area contributed by atoms with Crippen LogP contribution in [0.2, 0.25) is 0 Å². The van der Waals surface area contributed by atoms with Gasteiger partial charge in [0.15, 0.2) is 11.5 Å². The summed E-state index contributed by atoms with van der Waals surface area (Å²) in [6, 6.07) is 9.61. The summed E-state index contributed by atoms with van der Waals surface area (Å²) < 4.78 is 8.82. The first kappa shape index (κ1) is 18.6. The Bertz CT molecular complexity index is 1090. The van der Waals surface area contributed by atoms with E-state index in [9.17, 15) is 4.79 Å². The zero-order chi connectivity index (χ0) is 19.7. The predicted molar refractivity (Wildman–Crippen MR) is 110 cm³/mol. The van der Waals surface area contributed by atoms with Gasteiger partial charge in [0.25, 0.3) is 0 Å². The van der Waals surface area contributed by atoms with E-state index in [0.29, 0.717) is 16.7 Å². The number of rotatable bonds is 7. The number of nitrogens with two attached hydrogens (primary N) is 1. The van der Waals surface area contributed by atoms with Crippen LogP contribution in [0.5, 0.6) is 0 Å². The average molecular weight is 414 g/mol. The van der Waals surface area contributed by atoms with Crippen molar-refractivity contribution in [1.29, 1.82) is 0 Å². The summed E-state index contributed by atoms with van der Waals surface area (Å²) in [5, 5.41) is 10.6. The molecule has 0 aliphatic heterocycles. The second-order valence-electron chi connectivity index (χ2n) is 6.32. The number of furan rings is 1. The molecule has 0 amide bonds. The molecule has 4 aromatic rings. The monoisotopic (exact) mass is 413 g/mol. The number of aryl methyl sites for hydroxylation is 1. The van der Waals surface area contributed by atoms with Crippen molar-refractivity contribution >= 4 is 28.9 Å². The van der Waals surface area contributed by atoms with E-state index in [2.05, 4.69) is 26.2 Å². The van der Waals surface area contributed by atoms with Crippen molar-refractivity contribution < 1.29 is 9.21 Å². The van der Waals surface area contributed by atoms with Crippen LogP contribution in [0.1, 0.15) is 26.6 Å². The van der Waals surface area contributed by atoms with E-state index in [1.807, 2.05) is 26.0 Å². The molecule has 0 radical (unpaired) electrons. The van der Waals surface area contributed by atoms with Gasteiger partial charge in [-0.1, -0.05) is 17.8 Å². The van der Waals surface area contributed by atoms with Gasteiger partial charge in [0, 0.05) is 21.8 Å². The molecule has 144 valence electrons. The average Bonchev–Trinajstić information content (AvgIpc) is 3.46. The minimum Gasteiger partial charge on any atom is -0.461 e. The number of hydrogen-bond acceptors (Lipinski definition) is 7. The highest BCUT2D eigenvalue weighted by Gasteiger charge is 2.19. The Morgan fingerprint density at radius 2 is 2.14 bits per heavy atom. The second-order valence-corrected chi connectivity index (χ2v) is 8.29. The van der Waals surface area contributed by atoms with Crippen LogP contribution in [0.4, 0.5) is 0 Å². The number of thiophene rings is 1. The van der Waals surface area contributed by atoms with Crippen LogP contribution in [0.15, 0.2) is 51.5 Å². The van der Waals surface area contributed by atoms with Crippen LogP contribution in [-0.4, -0.2) is 31.0 Å². The minimum atomic E-state index is 0.0399. The fourth-order valence-corrected chi connectivity index (χ4v) is 4.47. The summed E-state index contributed by atoms with van der Waals surface area (Å²) in [6.45, 7) is 4.79. The van der Waals surface area contributed by atoms with E-state index in [1.165, 1.54) is 21.3 Å². The van der Waals surface area contributed by atoms with E-state index in [4.69, 9.17) is 10.3 Å². The molecule has 0 aliphatic rings. The Hall–Kier alpha value is -2.78. The first-order chi connectivity index (χ1) is 13.5. The largest absolute Gasteiger partial charge is 0.461 e. The van der Waals surface area contributed by atoms with Crippen molar-refractivity contribution in [3.8, 4) is 11.6 Å². The molecule has 0 saturated carbocycles. The lowest BCUT2D eigenvalue weighted by molar-refractivity contribution is 0.102. The number of nitrogens with zero attached hydrogens (tertiary/aromatic N) is 4. The number of Topliss-reactive ketones (excluding diaryl/α,β-unsaturated/α-hetero) is 1. The molecule has 0 bridgehead atoms. The maximum absolute atomic E-state index is 12.8. The van der Waals surface area contributed by atoms with Gasteiger partial charge in [-0.3, -0.25) is 4.79 Å².